The average Bonchev–Trinajstić information content (AvgIpc) is 2.27. The molecule has 0 saturated carbocycles. The van der Waals surface area contributed by atoms with Gasteiger partial charge < -0.3 is 10.1 Å². The van der Waals surface area contributed by atoms with Crippen LogP contribution in [-0.2, 0) is 4.74 Å². The fourth-order valence-corrected chi connectivity index (χ4v) is 2.13. The molecule has 1 aromatic carbocycles. The Kier molecular flexibility index (Phi) is 6.30. The summed E-state index contributed by atoms with van der Waals surface area (Å²) < 4.78 is 6.77. The lowest BCUT2D eigenvalue weighted by Crippen LogP contribution is -2.25. The van der Waals surface area contributed by atoms with Gasteiger partial charge in [-0.05, 0) is 47.2 Å². The number of benzene rings is 1. The Morgan fingerprint density at radius 3 is 3.00 bits per heavy atom. The van der Waals surface area contributed by atoms with Crippen LogP contribution in [-0.4, -0.2) is 26.2 Å². The Balaban J connectivity index is 2.55. The van der Waals surface area contributed by atoms with Gasteiger partial charge in [-0.1, -0.05) is 15.9 Å². The van der Waals surface area contributed by atoms with E-state index in [0.29, 0.717) is 18.7 Å². The Morgan fingerprint density at radius 1 is 1.56 bits per heavy atom. The van der Waals surface area contributed by atoms with Crippen molar-refractivity contribution in [1.82, 2.24) is 5.32 Å². The Labute approximate surface area is 117 Å². The van der Waals surface area contributed by atoms with Crippen LogP contribution in [0.5, 0.6) is 0 Å². The fraction of sp³-hybridized carbons (Fsp3) is 0.364. The Hall–Kier alpha value is -0.140. The van der Waals surface area contributed by atoms with Gasteiger partial charge in [-0.25, -0.2) is 0 Å². The highest BCUT2D eigenvalue weighted by molar-refractivity contribution is 14.1. The zero-order chi connectivity index (χ0) is 12.0. The number of hydrogen-bond acceptors (Lipinski definition) is 2. The third kappa shape index (κ3) is 4.39. The zero-order valence-electron chi connectivity index (χ0n) is 8.93. The quantitative estimate of drug-likeness (QED) is 0.612. The van der Waals surface area contributed by atoms with Crippen LogP contribution in [0.3, 0.4) is 0 Å². The predicted molar refractivity (Wildman–Crippen MR) is 75.7 cm³/mol. The summed E-state index contributed by atoms with van der Waals surface area (Å²) in [7, 11) is 1.65. The van der Waals surface area contributed by atoms with Crippen molar-refractivity contribution in [2.24, 2.45) is 0 Å². The molecule has 1 amide bonds. The van der Waals surface area contributed by atoms with Crippen LogP contribution in [0.25, 0.3) is 0 Å². The Morgan fingerprint density at radius 2 is 2.31 bits per heavy atom. The van der Waals surface area contributed by atoms with Gasteiger partial charge in [0.2, 0.25) is 0 Å². The lowest BCUT2D eigenvalue weighted by Gasteiger charge is -2.07. The molecule has 3 nitrogen and oxygen atoms in total. The van der Waals surface area contributed by atoms with Crippen molar-refractivity contribution in [2.45, 2.75) is 6.42 Å². The van der Waals surface area contributed by atoms with E-state index in [2.05, 4.69) is 43.8 Å². The van der Waals surface area contributed by atoms with Crippen molar-refractivity contribution >= 4 is 44.4 Å². The summed E-state index contributed by atoms with van der Waals surface area (Å²) in [5.74, 6) is -0.0400. The highest BCUT2D eigenvalue weighted by atomic mass is 127. The molecular weight excluding hydrogens is 385 g/mol. The van der Waals surface area contributed by atoms with Gasteiger partial charge in [0, 0.05) is 28.3 Å². The van der Waals surface area contributed by atoms with Crippen LogP contribution >= 0.6 is 38.5 Å². The summed E-state index contributed by atoms with van der Waals surface area (Å²) in [6.45, 7) is 1.30. The van der Waals surface area contributed by atoms with Gasteiger partial charge in [-0.15, -0.1) is 0 Å². The smallest absolute Gasteiger partial charge is 0.252 e. The van der Waals surface area contributed by atoms with Crippen LogP contribution in [0.4, 0.5) is 0 Å². The molecule has 1 N–H and O–H groups in total. The van der Waals surface area contributed by atoms with Crippen LogP contribution in [0.15, 0.2) is 22.7 Å². The van der Waals surface area contributed by atoms with Gasteiger partial charge in [0.1, 0.15) is 0 Å². The standard InChI is InChI=1S/C11H13BrINO2/c1-16-6-2-5-14-11(15)9-7-8(12)3-4-10(9)13/h3-4,7H,2,5-6H2,1H3,(H,14,15). The monoisotopic (exact) mass is 397 g/mol. The van der Waals surface area contributed by atoms with E-state index in [4.69, 9.17) is 4.74 Å². The number of carbonyl (C=O) groups excluding carboxylic acids is 1. The largest absolute Gasteiger partial charge is 0.385 e. The second-order valence-corrected chi connectivity index (χ2v) is 5.30. The predicted octanol–water partition coefficient (Wildman–Crippen LogP) is 2.82. The van der Waals surface area contributed by atoms with E-state index in [0.717, 1.165) is 14.5 Å². The molecule has 1 rings (SSSR count). The number of amides is 1. The molecule has 0 unspecified atom stereocenters. The molecule has 0 heterocycles. The van der Waals surface area contributed by atoms with Crippen molar-refractivity contribution in [3.8, 4) is 0 Å². The molecule has 5 heteroatoms. The first-order valence-electron chi connectivity index (χ1n) is 4.87. The molecule has 0 radical (unpaired) electrons. The van der Waals surface area contributed by atoms with E-state index >= 15 is 0 Å². The van der Waals surface area contributed by atoms with Gasteiger partial charge in [-0.2, -0.15) is 0 Å². The van der Waals surface area contributed by atoms with Crippen molar-refractivity contribution in [3.63, 3.8) is 0 Å². The lowest BCUT2D eigenvalue weighted by molar-refractivity contribution is 0.0947. The molecule has 0 bridgehead atoms. The van der Waals surface area contributed by atoms with Crippen molar-refractivity contribution in [3.05, 3.63) is 31.8 Å². The van der Waals surface area contributed by atoms with Gasteiger partial charge in [0.25, 0.3) is 5.91 Å². The van der Waals surface area contributed by atoms with Crippen molar-refractivity contribution in [1.29, 1.82) is 0 Å². The van der Waals surface area contributed by atoms with E-state index < -0.39 is 0 Å². The van der Waals surface area contributed by atoms with Gasteiger partial charge >= 0.3 is 0 Å². The number of halogens is 2. The minimum atomic E-state index is -0.0400. The van der Waals surface area contributed by atoms with E-state index in [9.17, 15) is 4.79 Å². The first kappa shape index (κ1) is 13.9. The van der Waals surface area contributed by atoms with Gasteiger partial charge in [0.15, 0.2) is 0 Å². The minimum Gasteiger partial charge on any atom is -0.385 e. The molecule has 88 valence electrons. The molecule has 0 saturated heterocycles. The molecular formula is C11H13BrINO2. The second kappa shape index (κ2) is 7.24. The Bertz CT molecular complexity index is 371. The molecule has 0 aliphatic heterocycles. The molecule has 0 aliphatic rings. The number of carbonyl (C=O) groups is 1. The van der Waals surface area contributed by atoms with E-state index in [1.165, 1.54) is 0 Å². The molecule has 0 aliphatic carbocycles. The van der Waals surface area contributed by atoms with Crippen LogP contribution < -0.4 is 5.32 Å². The normalized spacial score (nSPS) is 10.2. The maximum atomic E-state index is 11.8. The maximum Gasteiger partial charge on any atom is 0.252 e. The minimum absolute atomic E-state index is 0.0400. The number of nitrogens with one attached hydrogen (secondary N) is 1. The highest BCUT2D eigenvalue weighted by Crippen LogP contribution is 2.18. The summed E-state index contributed by atoms with van der Waals surface area (Å²) in [6.07, 6.45) is 0.826. The number of hydrogen-bond donors (Lipinski definition) is 1. The van der Waals surface area contributed by atoms with Crippen molar-refractivity contribution < 1.29 is 9.53 Å². The van der Waals surface area contributed by atoms with Crippen molar-refractivity contribution in [2.75, 3.05) is 20.3 Å². The SMILES string of the molecule is COCCCNC(=O)c1cc(Br)ccc1I. The third-order valence-electron chi connectivity index (χ3n) is 1.98. The molecule has 0 spiro atoms. The van der Waals surface area contributed by atoms with E-state index in [1.54, 1.807) is 7.11 Å². The summed E-state index contributed by atoms with van der Waals surface area (Å²) in [6, 6.07) is 5.66. The van der Waals surface area contributed by atoms with Crippen LogP contribution in [0.1, 0.15) is 16.8 Å². The number of methoxy groups -OCH3 is 1. The second-order valence-electron chi connectivity index (χ2n) is 3.23. The van der Waals surface area contributed by atoms with Gasteiger partial charge in [-0.3, -0.25) is 4.79 Å². The summed E-state index contributed by atoms with van der Waals surface area (Å²) >= 11 is 5.51. The van der Waals surface area contributed by atoms with Crippen LogP contribution in [0, 0.1) is 3.57 Å². The maximum absolute atomic E-state index is 11.8. The lowest BCUT2D eigenvalue weighted by atomic mass is 10.2. The van der Waals surface area contributed by atoms with E-state index in [-0.39, 0.29) is 5.91 Å². The summed E-state index contributed by atoms with van der Waals surface area (Å²) in [5.41, 5.74) is 0.701. The highest BCUT2D eigenvalue weighted by Gasteiger charge is 2.09. The third-order valence-corrected chi connectivity index (χ3v) is 3.42. The first-order chi connectivity index (χ1) is 7.65. The molecule has 1 aromatic rings. The first-order valence-corrected chi connectivity index (χ1v) is 6.74. The number of ether oxygens (including phenoxy) is 1. The van der Waals surface area contributed by atoms with Gasteiger partial charge in [0.05, 0.1) is 5.56 Å². The molecule has 0 aromatic heterocycles. The topological polar surface area (TPSA) is 38.3 Å². The van der Waals surface area contributed by atoms with Crippen LogP contribution in [0.2, 0.25) is 0 Å². The zero-order valence-corrected chi connectivity index (χ0v) is 12.7. The molecule has 0 atom stereocenters. The summed E-state index contributed by atoms with van der Waals surface area (Å²) in [4.78, 5) is 11.8. The average molecular weight is 398 g/mol. The fourth-order valence-electron chi connectivity index (χ4n) is 1.19. The summed E-state index contributed by atoms with van der Waals surface area (Å²) in [5, 5.41) is 2.86. The van der Waals surface area contributed by atoms with E-state index in [1.807, 2.05) is 18.2 Å². The number of rotatable bonds is 5. The molecule has 16 heavy (non-hydrogen) atoms. The molecule has 0 fully saturated rings.